The number of aromatic nitrogens is 2. The number of piperidine rings is 1. The third kappa shape index (κ3) is 2.58. The van der Waals surface area contributed by atoms with Crippen LogP contribution < -0.4 is 0 Å². The first kappa shape index (κ1) is 14.5. The summed E-state index contributed by atoms with van der Waals surface area (Å²) in [6, 6.07) is 0. The van der Waals surface area contributed by atoms with Crippen molar-refractivity contribution in [2.75, 3.05) is 13.1 Å². The summed E-state index contributed by atoms with van der Waals surface area (Å²) in [6.45, 7) is 12.6. The molecule has 0 N–H and O–H groups in total. The molecule has 0 unspecified atom stereocenters. The molecule has 116 valence electrons. The lowest BCUT2D eigenvalue weighted by atomic mass is 9.96. The molecule has 0 aromatic carbocycles. The van der Waals surface area contributed by atoms with Crippen LogP contribution in [0.15, 0.2) is 4.52 Å². The van der Waals surface area contributed by atoms with Gasteiger partial charge in [0.15, 0.2) is 5.82 Å². The van der Waals surface area contributed by atoms with Gasteiger partial charge in [-0.2, -0.15) is 4.98 Å². The highest BCUT2D eigenvalue weighted by molar-refractivity contribution is 5.77. The van der Waals surface area contributed by atoms with E-state index in [4.69, 9.17) is 4.52 Å². The summed E-state index contributed by atoms with van der Waals surface area (Å²) in [4.78, 5) is 18.6. The van der Waals surface area contributed by atoms with E-state index >= 15 is 0 Å². The summed E-state index contributed by atoms with van der Waals surface area (Å²) < 4.78 is 5.24. The third-order valence-corrected chi connectivity index (χ3v) is 5.17. The number of carbonyl (C=O) groups is 1. The van der Waals surface area contributed by atoms with Crippen LogP contribution in [0.25, 0.3) is 0 Å². The average molecular weight is 291 g/mol. The molecule has 1 saturated carbocycles. The van der Waals surface area contributed by atoms with E-state index in [1.54, 1.807) is 0 Å². The van der Waals surface area contributed by atoms with Crippen LogP contribution in [0, 0.1) is 17.3 Å². The van der Waals surface area contributed by atoms with E-state index in [-0.39, 0.29) is 11.3 Å². The molecule has 2 atom stereocenters. The highest BCUT2D eigenvalue weighted by atomic mass is 16.5. The van der Waals surface area contributed by atoms with Crippen LogP contribution in [0.5, 0.6) is 0 Å². The smallest absolute Gasteiger partial charge is 0.227 e. The second-order valence-corrected chi connectivity index (χ2v) is 8.09. The number of rotatable bonds is 3. The fourth-order valence-electron chi connectivity index (χ4n) is 3.37. The van der Waals surface area contributed by atoms with Crippen LogP contribution in [0.2, 0.25) is 0 Å². The zero-order chi connectivity index (χ0) is 15.4. The Hall–Kier alpha value is -1.39. The molecule has 0 bridgehead atoms. The summed E-state index contributed by atoms with van der Waals surface area (Å²) in [7, 11) is 0. The summed E-state index contributed by atoms with van der Waals surface area (Å²) in [5.41, 5.74) is 0.332. The van der Waals surface area contributed by atoms with Crippen LogP contribution >= 0.6 is 0 Å². The van der Waals surface area contributed by atoms with Crippen molar-refractivity contribution in [1.29, 1.82) is 0 Å². The van der Waals surface area contributed by atoms with Crippen molar-refractivity contribution in [3.05, 3.63) is 11.7 Å². The van der Waals surface area contributed by atoms with Crippen LogP contribution in [0.3, 0.4) is 0 Å². The van der Waals surface area contributed by atoms with Gasteiger partial charge in [0.05, 0.1) is 0 Å². The second-order valence-electron chi connectivity index (χ2n) is 8.09. The summed E-state index contributed by atoms with van der Waals surface area (Å²) in [5.74, 6) is 2.90. The maximum absolute atomic E-state index is 12.2. The number of aryl methyl sites for hydroxylation is 1. The Kier molecular flexibility index (Phi) is 3.15. The zero-order valence-corrected chi connectivity index (χ0v) is 13.6. The molecular formula is C16H25N3O2. The lowest BCUT2D eigenvalue weighted by Crippen LogP contribution is -2.33. The molecule has 1 amide bonds. The molecule has 1 saturated heterocycles. The van der Waals surface area contributed by atoms with Gasteiger partial charge >= 0.3 is 0 Å². The van der Waals surface area contributed by atoms with Gasteiger partial charge in [0.2, 0.25) is 11.8 Å². The topological polar surface area (TPSA) is 59.2 Å². The van der Waals surface area contributed by atoms with Gasteiger partial charge in [-0.05, 0) is 17.3 Å². The SMILES string of the molecule is CC(C)(C)c1noc(CCC(=O)N2C[C@@H]3[C@H](C2)C3(C)C)n1. The molecule has 0 radical (unpaired) electrons. The van der Waals surface area contributed by atoms with Crippen LogP contribution in [0.4, 0.5) is 0 Å². The minimum absolute atomic E-state index is 0.117. The van der Waals surface area contributed by atoms with Gasteiger partial charge in [-0.1, -0.05) is 39.8 Å². The lowest BCUT2D eigenvalue weighted by molar-refractivity contribution is -0.131. The summed E-state index contributed by atoms with van der Waals surface area (Å²) in [6.07, 6.45) is 1.00. The first-order valence-corrected chi connectivity index (χ1v) is 7.80. The van der Waals surface area contributed by atoms with E-state index in [0.29, 0.717) is 41.8 Å². The maximum Gasteiger partial charge on any atom is 0.227 e. The average Bonchev–Trinajstić information content (AvgIpc) is 2.90. The molecular weight excluding hydrogens is 266 g/mol. The van der Waals surface area contributed by atoms with Gasteiger partial charge in [-0.15, -0.1) is 0 Å². The Morgan fingerprint density at radius 1 is 1.33 bits per heavy atom. The van der Waals surface area contributed by atoms with Crippen molar-refractivity contribution in [2.45, 2.75) is 52.9 Å². The predicted molar refractivity (Wildman–Crippen MR) is 78.7 cm³/mol. The van der Waals surface area contributed by atoms with Crippen LogP contribution in [0.1, 0.15) is 52.8 Å². The van der Waals surface area contributed by atoms with E-state index in [1.807, 2.05) is 25.7 Å². The minimum Gasteiger partial charge on any atom is -0.342 e. The monoisotopic (exact) mass is 291 g/mol. The van der Waals surface area contributed by atoms with E-state index in [9.17, 15) is 4.79 Å². The number of hydrogen-bond acceptors (Lipinski definition) is 4. The standard InChI is InChI=1S/C16H25N3O2/c1-15(2,3)14-17-12(21-18-14)6-7-13(20)19-8-10-11(9-19)16(10,4)5/h10-11H,6-9H2,1-5H3/t10-,11+. The lowest BCUT2D eigenvalue weighted by Gasteiger charge is -2.21. The van der Waals surface area contributed by atoms with Gasteiger partial charge < -0.3 is 9.42 Å². The Balaban J connectivity index is 1.50. The van der Waals surface area contributed by atoms with Crippen molar-refractivity contribution in [1.82, 2.24) is 15.0 Å². The molecule has 2 heterocycles. The Bertz CT molecular complexity index is 542. The molecule has 1 aromatic rings. The Morgan fingerprint density at radius 3 is 2.48 bits per heavy atom. The van der Waals surface area contributed by atoms with Crippen LogP contribution in [-0.2, 0) is 16.6 Å². The van der Waals surface area contributed by atoms with Gasteiger partial charge in [0.1, 0.15) is 0 Å². The van der Waals surface area contributed by atoms with Gasteiger partial charge in [-0.25, -0.2) is 0 Å². The first-order chi connectivity index (χ1) is 9.69. The molecule has 0 spiro atoms. The Labute approximate surface area is 126 Å². The Morgan fingerprint density at radius 2 is 1.95 bits per heavy atom. The molecule has 5 heteroatoms. The molecule has 1 aromatic heterocycles. The van der Waals surface area contributed by atoms with Crippen LogP contribution in [-0.4, -0.2) is 34.0 Å². The molecule has 1 aliphatic carbocycles. The van der Waals surface area contributed by atoms with Crippen molar-refractivity contribution < 1.29 is 9.32 Å². The van der Waals surface area contributed by atoms with Crippen molar-refractivity contribution >= 4 is 5.91 Å². The number of fused-ring (bicyclic) bond motifs is 1. The highest BCUT2D eigenvalue weighted by Gasteiger charge is 2.62. The fraction of sp³-hybridized carbons (Fsp3) is 0.812. The largest absolute Gasteiger partial charge is 0.342 e. The van der Waals surface area contributed by atoms with Crippen molar-refractivity contribution in [3.8, 4) is 0 Å². The normalized spacial score (nSPS) is 26.8. The summed E-state index contributed by atoms with van der Waals surface area (Å²) >= 11 is 0. The highest BCUT2D eigenvalue weighted by Crippen LogP contribution is 2.61. The molecule has 2 fully saturated rings. The quantitative estimate of drug-likeness (QED) is 0.858. The molecule has 5 nitrogen and oxygen atoms in total. The number of hydrogen-bond donors (Lipinski definition) is 0. The fourth-order valence-corrected chi connectivity index (χ4v) is 3.37. The van der Waals surface area contributed by atoms with E-state index in [1.165, 1.54) is 0 Å². The second kappa shape index (κ2) is 4.55. The van der Waals surface area contributed by atoms with Crippen molar-refractivity contribution in [2.24, 2.45) is 17.3 Å². The van der Waals surface area contributed by atoms with E-state index < -0.39 is 0 Å². The third-order valence-electron chi connectivity index (χ3n) is 5.17. The van der Waals surface area contributed by atoms with E-state index in [2.05, 4.69) is 24.0 Å². The summed E-state index contributed by atoms with van der Waals surface area (Å²) in [5, 5.41) is 3.99. The number of carbonyl (C=O) groups excluding carboxylic acids is 1. The van der Waals surface area contributed by atoms with Crippen molar-refractivity contribution in [3.63, 3.8) is 0 Å². The van der Waals surface area contributed by atoms with Gasteiger partial charge in [-0.3, -0.25) is 4.79 Å². The number of nitrogens with zero attached hydrogens (tertiary/aromatic N) is 3. The van der Waals surface area contributed by atoms with Gasteiger partial charge in [0, 0.05) is 31.3 Å². The minimum atomic E-state index is -0.117. The molecule has 1 aliphatic heterocycles. The van der Waals surface area contributed by atoms with Gasteiger partial charge in [0.25, 0.3) is 0 Å². The predicted octanol–water partition coefficient (Wildman–Crippen LogP) is 2.41. The molecule has 21 heavy (non-hydrogen) atoms. The molecule has 2 aliphatic rings. The zero-order valence-electron chi connectivity index (χ0n) is 13.6. The number of likely N-dealkylation sites (tertiary alicyclic amines) is 1. The maximum atomic E-state index is 12.2. The molecule has 3 rings (SSSR count). The van der Waals surface area contributed by atoms with E-state index in [0.717, 1.165) is 13.1 Å². The number of amides is 1. The first-order valence-electron chi connectivity index (χ1n) is 7.80.